The summed E-state index contributed by atoms with van der Waals surface area (Å²) in [7, 11) is 1.90. The first-order valence-electron chi connectivity index (χ1n) is 6.41. The summed E-state index contributed by atoms with van der Waals surface area (Å²) >= 11 is 3.49. The third-order valence-corrected chi connectivity index (χ3v) is 3.91. The van der Waals surface area contributed by atoms with E-state index in [4.69, 9.17) is 5.11 Å². The van der Waals surface area contributed by atoms with Crippen LogP contribution in [0.3, 0.4) is 0 Å². The maximum absolute atomic E-state index is 13.2. The molecule has 2 rings (SSSR count). The van der Waals surface area contributed by atoms with Gasteiger partial charge in [0.25, 0.3) is 0 Å². The molecule has 0 unspecified atom stereocenters. The lowest BCUT2D eigenvalue weighted by Crippen LogP contribution is -2.19. The first kappa shape index (κ1) is 15.7. The predicted molar refractivity (Wildman–Crippen MR) is 82.7 cm³/mol. The van der Waals surface area contributed by atoms with E-state index in [2.05, 4.69) is 15.9 Å². The van der Waals surface area contributed by atoms with E-state index in [1.54, 1.807) is 0 Å². The van der Waals surface area contributed by atoms with Crippen LogP contribution in [-0.4, -0.2) is 23.0 Å². The number of hydrogen-bond acceptors (Lipinski definition) is 2. The molecule has 0 saturated carbocycles. The highest BCUT2D eigenvalue weighted by Gasteiger charge is 2.13. The van der Waals surface area contributed by atoms with Crippen molar-refractivity contribution in [2.24, 2.45) is 0 Å². The Hall–Kier alpha value is -1.72. The van der Waals surface area contributed by atoms with E-state index < -0.39 is 11.8 Å². The lowest BCUT2D eigenvalue weighted by Gasteiger charge is -2.19. The zero-order valence-electron chi connectivity index (χ0n) is 11.5. The van der Waals surface area contributed by atoms with Crippen LogP contribution in [0.25, 0.3) is 0 Å². The largest absolute Gasteiger partial charge is 0.478 e. The Morgan fingerprint density at radius 2 is 1.86 bits per heavy atom. The van der Waals surface area contributed by atoms with Crippen molar-refractivity contribution in [1.29, 1.82) is 0 Å². The molecule has 2 aromatic rings. The first-order chi connectivity index (χ1) is 9.97. The number of rotatable bonds is 5. The van der Waals surface area contributed by atoms with E-state index in [0.717, 1.165) is 16.1 Å². The van der Waals surface area contributed by atoms with Crippen LogP contribution >= 0.6 is 15.9 Å². The van der Waals surface area contributed by atoms with Gasteiger partial charge in [0.2, 0.25) is 0 Å². The van der Waals surface area contributed by atoms with Crippen molar-refractivity contribution in [1.82, 2.24) is 4.90 Å². The van der Waals surface area contributed by atoms with E-state index >= 15 is 0 Å². The Bertz CT molecular complexity index is 660. The number of hydrogen-bond donors (Lipinski definition) is 1. The molecule has 0 heterocycles. The molecular weight excluding hydrogens is 337 g/mol. The Labute approximate surface area is 131 Å². The fraction of sp³-hybridized carbons (Fsp3) is 0.188. The number of aromatic carboxylic acids is 1. The molecular formula is C16H15BrFNO2. The van der Waals surface area contributed by atoms with E-state index in [-0.39, 0.29) is 5.56 Å². The highest BCUT2D eigenvalue weighted by molar-refractivity contribution is 9.10. The quantitative estimate of drug-likeness (QED) is 0.887. The summed E-state index contributed by atoms with van der Waals surface area (Å²) in [5, 5.41) is 9.14. The fourth-order valence-electron chi connectivity index (χ4n) is 2.15. The molecule has 0 fully saturated rings. The highest BCUT2D eigenvalue weighted by atomic mass is 79.9. The smallest absolute Gasteiger partial charge is 0.336 e. The molecule has 0 bridgehead atoms. The summed E-state index contributed by atoms with van der Waals surface area (Å²) in [5.74, 6) is -1.65. The van der Waals surface area contributed by atoms with Gasteiger partial charge in [0.1, 0.15) is 5.82 Å². The number of carboxylic acids is 1. The van der Waals surface area contributed by atoms with Gasteiger partial charge in [-0.2, -0.15) is 0 Å². The zero-order chi connectivity index (χ0) is 15.4. The molecule has 21 heavy (non-hydrogen) atoms. The van der Waals surface area contributed by atoms with Crippen molar-refractivity contribution >= 4 is 21.9 Å². The molecule has 0 aliphatic carbocycles. The maximum Gasteiger partial charge on any atom is 0.336 e. The normalized spacial score (nSPS) is 10.9. The molecule has 0 atom stereocenters. The molecule has 0 saturated heterocycles. The predicted octanol–water partition coefficient (Wildman–Crippen LogP) is 3.92. The minimum Gasteiger partial charge on any atom is -0.478 e. The van der Waals surface area contributed by atoms with Crippen molar-refractivity contribution in [2.75, 3.05) is 7.05 Å². The first-order valence-corrected chi connectivity index (χ1v) is 7.20. The molecule has 0 aliphatic heterocycles. The van der Waals surface area contributed by atoms with Crippen molar-refractivity contribution in [3.05, 3.63) is 69.4 Å². The van der Waals surface area contributed by atoms with Crippen molar-refractivity contribution < 1.29 is 14.3 Å². The van der Waals surface area contributed by atoms with E-state index in [1.165, 1.54) is 12.1 Å². The standard InChI is InChI=1S/C16H15BrFNO2/c1-19(10-12-4-2-3-5-15(12)17)9-11-6-7-13(18)8-14(11)16(20)21/h2-8H,9-10H2,1H3,(H,20,21). The van der Waals surface area contributed by atoms with E-state index in [0.29, 0.717) is 18.7 Å². The molecule has 2 aromatic carbocycles. The number of carbonyl (C=O) groups is 1. The molecule has 0 amide bonds. The fourth-order valence-corrected chi connectivity index (χ4v) is 2.56. The van der Waals surface area contributed by atoms with E-state index in [1.807, 2.05) is 36.2 Å². The molecule has 0 spiro atoms. The van der Waals surface area contributed by atoms with Gasteiger partial charge in [-0.05, 0) is 36.4 Å². The van der Waals surface area contributed by atoms with Gasteiger partial charge in [0.05, 0.1) is 5.56 Å². The van der Waals surface area contributed by atoms with Crippen molar-refractivity contribution in [3.63, 3.8) is 0 Å². The van der Waals surface area contributed by atoms with Gasteiger partial charge >= 0.3 is 5.97 Å². The summed E-state index contributed by atoms with van der Waals surface area (Å²) in [4.78, 5) is 13.2. The third kappa shape index (κ3) is 4.12. The average molecular weight is 352 g/mol. The Morgan fingerprint density at radius 1 is 1.19 bits per heavy atom. The van der Waals surface area contributed by atoms with Gasteiger partial charge in [0.15, 0.2) is 0 Å². The molecule has 110 valence electrons. The number of benzene rings is 2. The Morgan fingerprint density at radius 3 is 2.52 bits per heavy atom. The summed E-state index contributed by atoms with van der Waals surface area (Å²) in [5.41, 5.74) is 1.71. The molecule has 0 radical (unpaired) electrons. The summed E-state index contributed by atoms with van der Waals surface area (Å²) in [6, 6.07) is 11.7. The van der Waals surface area contributed by atoms with Gasteiger partial charge in [-0.25, -0.2) is 9.18 Å². The Balaban J connectivity index is 2.15. The van der Waals surface area contributed by atoms with Gasteiger partial charge < -0.3 is 5.11 Å². The second-order valence-electron chi connectivity index (χ2n) is 4.87. The molecule has 0 aliphatic rings. The topological polar surface area (TPSA) is 40.5 Å². The van der Waals surface area contributed by atoms with Crippen LogP contribution in [0.5, 0.6) is 0 Å². The Kier molecular flexibility index (Phi) is 5.09. The lowest BCUT2D eigenvalue weighted by atomic mass is 10.1. The van der Waals surface area contributed by atoms with Crippen LogP contribution in [0.2, 0.25) is 0 Å². The second-order valence-corrected chi connectivity index (χ2v) is 5.72. The van der Waals surface area contributed by atoms with Crippen molar-refractivity contribution in [2.45, 2.75) is 13.1 Å². The number of nitrogens with zero attached hydrogens (tertiary/aromatic N) is 1. The van der Waals surface area contributed by atoms with Crippen LogP contribution in [0.1, 0.15) is 21.5 Å². The number of carboxylic acid groups (broad SMARTS) is 1. The average Bonchev–Trinajstić information content (AvgIpc) is 2.43. The summed E-state index contributed by atoms with van der Waals surface area (Å²) in [6.07, 6.45) is 0. The van der Waals surface area contributed by atoms with Gasteiger partial charge in [-0.3, -0.25) is 4.90 Å². The zero-order valence-corrected chi connectivity index (χ0v) is 13.1. The van der Waals surface area contributed by atoms with Crippen LogP contribution in [0.4, 0.5) is 4.39 Å². The van der Waals surface area contributed by atoms with Crippen molar-refractivity contribution in [3.8, 4) is 0 Å². The van der Waals surface area contributed by atoms with Crippen LogP contribution < -0.4 is 0 Å². The molecule has 5 heteroatoms. The van der Waals surface area contributed by atoms with Crippen LogP contribution in [-0.2, 0) is 13.1 Å². The lowest BCUT2D eigenvalue weighted by molar-refractivity contribution is 0.0694. The van der Waals surface area contributed by atoms with Gasteiger partial charge in [-0.1, -0.05) is 40.2 Å². The van der Waals surface area contributed by atoms with E-state index in [9.17, 15) is 9.18 Å². The van der Waals surface area contributed by atoms with Gasteiger partial charge in [0, 0.05) is 17.6 Å². The van der Waals surface area contributed by atoms with Crippen LogP contribution in [0.15, 0.2) is 46.9 Å². The molecule has 3 nitrogen and oxygen atoms in total. The second kappa shape index (κ2) is 6.83. The minimum atomic E-state index is -1.11. The SMILES string of the molecule is CN(Cc1ccccc1Br)Cc1ccc(F)cc1C(=O)O. The van der Waals surface area contributed by atoms with Gasteiger partial charge in [-0.15, -0.1) is 0 Å². The molecule has 0 aromatic heterocycles. The number of halogens is 2. The highest BCUT2D eigenvalue weighted by Crippen LogP contribution is 2.19. The monoisotopic (exact) mass is 351 g/mol. The van der Waals surface area contributed by atoms with Crippen LogP contribution in [0, 0.1) is 5.82 Å². The molecule has 1 N–H and O–H groups in total. The summed E-state index contributed by atoms with van der Waals surface area (Å²) < 4.78 is 14.2. The summed E-state index contributed by atoms with van der Waals surface area (Å²) in [6.45, 7) is 1.10. The third-order valence-electron chi connectivity index (χ3n) is 3.14. The minimum absolute atomic E-state index is 0.00831. The maximum atomic E-state index is 13.2.